The molecule has 2 aromatic heterocycles. The number of nitrogens with zero attached hydrogens (tertiary/aromatic N) is 3. The highest BCUT2D eigenvalue weighted by atomic mass is 32.1. The fourth-order valence-electron chi connectivity index (χ4n) is 6.10. The predicted molar refractivity (Wildman–Crippen MR) is 185 cm³/mol. The van der Waals surface area contributed by atoms with Gasteiger partial charge in [-0.2, -0.15) is 0 Å². The summed E-state index contributed by atoms with van der Waals surface area (Å²) in [4.78, 5) is 34.8. The molecule has 5 aromatic carbocycles. The SMILES string of the molecule is CC(=O)N(c1cc(C)cc(C)c1)C(Cc1ccc2ccccc2c1)C(=O)Nc1ccc(-c2cn3c(n2)sc2ccccc23)cc1. The molecule has 0 radical (unpaired) electrons. The van der Waals surface area contributed by atoms with Crippen molar-refractivity contribution in [1.29, 1.82) is 0 Å². The number of aromatic nitrogens is 2. The second-order valence-corrected chi connectivity index (χ2v) is 12.6. The van der Waals surface area contributed by atoms with Gasteiger partial charge in [-0.15, -0.1) is 0 Å². The number of imidazole rings is 1. The number of amides is 2. The average molecular weight is 609 g/mol. The lowest BCUT2D eigenvalue weighted by molar-refractivity contribution is -0.122. The Labute approximate surface area is 265 Å². The van der Waals surface area contributed by atoms with Crippen molar-refractivity contribution in [2.75, 3.05) is 10.2 Å². The standard InChI is InChI=1S/C38H32N4O2S/c1-24-18-25(2)20-32(19-24)42(26(3)43)35(22-27-12-13-28-8-4-5-9-30(28)21-27)37(44)39-31-16-14-29(15-17-31)33-23-41-34-10-6-7-11-36(34)45-38(41)40-33/h4-21,23,35H,22H2,1-3H3,(H,39,44). The predicted octanol–water partition coefficient (Wildman–Crippen LogP) is 8.59. The van der Waals surface area contributed by atoms with E-state index in [9.17, 15) is 9.59 Å². The van der Waals surface area contributed by atoms with Crippen LogP contribution in [0.1, 0.15) is 23.6 Å². The highest BCUT2D eigenvalue weighted by Crippen LogP contribution is 2.30. The second-order valence-electron chi connectivity index (χ2n) is 11.6. The number of thiazole rings is 1. The molecule has 7 rings (SSSR count). The molecule has 222 valence electrons. The first-order valence-electron chi connectivity index (χ1n) is 15.0. The van der Waals surface area contributed by atoms with Crippen LogP contribution in [0.25, 0.3) is 37.2 Å². The van der Waals surface area contributed by atoms with E-state index >= 15 is 0 Å². The van der Waals surface area contributed by atoms with Gasteiger partial charge >= 0.3 is 0 Å². The number of anilines is 2. The molecule has 0 aliphatic carbocycles. The number of hydrogen-bond acceptors (Lipinski definition) is 4. The van der Waals surface area contributed by atoms with E-state index in [1.165, 1.54) is 11.6 Å². The van der Waals surface area contributed by atoms with Gasteiger partial charge in [0.25, 0.3) is 0 Å². The van der Waals surface area contributed by atoms with Crippen molar-refractivity contribution in [3.63, 3.8) is 0 Å². The summed E-state index contributed by atoms with van der Waals surface area (Å²) in [5, 5.41) is 5.33. The number of benzene rings is 5. The fraction of sp³-hybridized carbons (Fsp3) is 0.132. The summed E-state index contributed by atoms with van der Waals surface area (Å²) < 4.78 is 3.31. The largest absolute Gasteiger partial charge is 0.324 e. The molecule has 0 saturated carbocycles. The maximum absolute atomic E-state index is 14.1. The van der Waals surface area contributed by atoms with E-state index in [0.29, 0.717) is 17.8 Å². The first kappa shape index (κ1) is 28.5. The van der Waals surface area contributed by atoms with Crippen LogP contribution in [-0.4, -0.2) is 27.2 Å². The first-order valence-corrected chi connectivity index (χ1v) is 15.8. The van der Waals surface area contributed by atoms with Crippen molar-refractivity contribution in [2.45, 2.75) is 33.2 Å². The number of aryl methyl sites for hydroxylation is 2. The second kappa shape index (κ2) is 11.7. The Bertz CT molecular complexity index is 2190. The lowest BCUT2D eigenvalue weighted by atomic mass is 9.99. The molecule has 0 spiro atoms. The Morgan fingerprint density at radius 2 is 1.56 bits per heavy atom. The number of carbonyl (C=O) groups is 2. The Balaban J connectivity index is 1.19. The summed E-state index contributed by atoms with van der Waals surface area (Å²) in [7, 11) is 0. The van der Waals surface area contributed by atoms with Gasteiger partial charge in [0, 0.05) is 36.5 Å². The van der Waals surface area contributed by atoms with Crippen LogP contribution in [0, 0.1) is 13.8 Å². The summed E-state index contributed by atoms with van der Waals surface area (Å²) in [6.45, 7) is 5.52. The molecule has 0 bridgehead atoms. The van der Waals surface area contributed by atoms with Gasteiger partial charge in [-0.05, 0) is 77.7 Å². The van der Waals surface area contributed by atoms with Crippen LogP contribution in [0.3, 0.4) is 0 Å². The number of para-hydroxylation sites is 1. The Morgan fingerprint density at radius 1 is 0.844 bits per heavy atom. The van der Waals surface area contributed by atoms with Crippen LogP contribution in [0.15, 0.2) is 115 Å². The van der Waals surface area contributed by atoms with Crippen molar-refractivity contribution >= 4 is 60.5 Å². The third-order valence-electron chi connectivity index (χ3n) is 8.13. The minimum atomic E-state index is -0.766. The van der Waals surface area contributed by atoms with Gasteiger partial charge in [-0.1, -0.05) is 84.1 Å². The molecular weight excluding hydrogens is 577 g/mol. The average Bonchev–Trinajstić information content (AvgIpc) is 3.59. The summed E-state index contributed by atoms with van der Waals surface area (Å²) >= 11 is 1.66. The highest BCUT2D eigenvalue weighted by Gasteiger charge is 2.30. The number of rotatable bonds is 7. The molecule has 0 fully saturated rings. The van der Waals surface area contributed by atoms with Crippen LogP contribution in [0.5, 0.6) is 0 Å². The van der Waals surface area contributed by atoms with Gasteiger partial charge in [0.2, 0.25) is 11.8 Å². The Hall–Kier alpha value is -5.27. The van der Waals surface area contributed by atoms with E-state index < -0.39 is 6.04 Å². The van der Waals surface area contributed by atoms with Gasteiger partial charge in [0.1, 0.15) is 6.04 Å². The summed E-state index contributed by atoms with van der Waals surface area (Å²) in [6.07, 6.45) is 2.41. The number of hydrogen-bond donors (Lipinski definition) is 1. The van der Waals surface area contributed by atoms with E-state index in [0.717, 1.165) is 49.2 Å². The van der Waals surface area contributed by atoms with E-state index in [1.807, 2.05) is 80.6 Å². The lowest BCUT2D eigenvalue weighted by Gasteiger charge is -2.31. The molecule has 0 aliphatic rings. The summed E-state index contributed by atoms with van der Waals surface area (Å²) in [5.41, 5.74) is 7.38. The van der Waals surface area contributed by atoms with E-state index in [2.05, 4.69) is 58.4 Å². The number of fused-ring (bicyclic) bond motifs is 4. The maximum Gasteiger partial charge on any atom is 0.247 e. The molecule has 7 aromatic rings. The molecule has 1 atom stereocenters. The minimum Gasteiger partial charge on any atom is -0.324 e. The Morgan fingerprint density at radius 3 is 2.31 bits per heavy atom. The zero-order chi connectivity index (χ0) is 31.1. The zero-order valence-electron chi connectivity index (χ0n) is 25.3. The molecule has 45 heavy (non-hydrogen) atoms. The zero-order valence-corrected chi connectivity index (χ0v) is 26.1. The van der Waals surface area contributed by atoms with Crippen molar-refractivity contribution in [2.24, 2.45) is 0 Å². The molecule has 1 N–H and O–H groups in total. The maximum atomic E-state index is 14.1. The van der Waals surface area contributed by atoms with Crippen molar-refractivity contribution in [3.05, 3.63) is 132 Å². The highest BCUT2D eigenvalue weighted by molar-refractivity contribution is 7.23. The summed E-state index contributed by atoms with van der Waals surface area (Å²) in [5.74, 6) is -0.442. The topological polar surface area (TPSA) is 66.7 Å². The molecular formula is C38H32N4O2S. The molecule has 0 saturated heterocycles. The van der Waals surface area contributed by atoms with Gasteiger partial charge < -0.3 is 5.32 Å². The number of nitrogens with one attached hydrogen (secondary N) is 1. The van der Waals surface area contributed by atoms with Crippen LogP contribution in [-0.2, 0) is 16.0 Å². The van der Waals surface area contributed by atoms with Crippen molar-refractivity contribution < 1.29 is 9.59 Å². The molecule has 6 nitrogen and oxygen atoms in total. The van der Waals surface area contributed by atoms with Crippen molar-refractivity contribution in [3.8, 4) is 11.3 Å². The van der Waals surface area contributed by atoms with E-state index in [1.54, 1.807) is 16.2 Å². The van der Waals surface area contributed by atoms with Crippen molar-refractivity contribution in [1.82, 2.24) is 9.38 Å². The third-order valence-corrected chi connectivity index (χ3v) is 9.16. The summed E-state index contributed by atoms with van der Waals surface area (Å²) in [6, 6.07) is 35.6. The lowest BCUT2D eigenvalue weighted by Crippen LogP contribution is -2.48. The van der Waals surface area contributed by atoms with E-state index in [-0.39, 0.29) is 11.8 Å². The monoisotopic (exact) mass is 608 g/mol. The van der Waals surface area contributed by atoms with Crippen LogP contribution in [0.2, 0.25) is 0 Å². The minimum absolute atomic E-state index is 0.191. The third kappa shape index (κ3) is 5.70. The molecule has 2 amide bonds. The molecule has 0 aliphatic heterocycles. The molecule has 2 heterocycles. The van der Waals surface area contributed by atoms with Gasteiger partial charge in [-0.25, -0.2) is 4.98 Å². The van der Waals surface area contributed by atoms with Gasteiger partial charge in [0.05, 0.1) is 15.9 Å². The Kier molecular flexibility index (Phi) is 7.39. The molecule has 1 unspecified atom stereocenters. The van der Waals surface area contributed by atoms with Crippen LogP contribution < -0.4 is 10.2 Å². The quantitative estimate of drug-likeness (QED) is 0.197. The molecule has 7 heteroatoms. The van der Waals surface area contributed by atoms with Gasteiger partial charge in [-0.3, -0.25) is 18.9 Å². The van der Waals surface area contributed by atoms with Crippen LogP contribution in [0.4, 0.5) is 11.4 Å². The normalized spacial score (nSPS) is 12.1. The smallest absolute Gasteiger partial charge is 0.247 e. The van der Waals surface area contributed by atoms with Crippen LogP contribution >= 0.6 is 11.3 Å². The fourth-order valence-corrected chi connectivity index (χ4v) is 7.11. The first-order chi connectivity index (χ1) is 21.8. The van der Waals surface area contributed by atoms with Gasteiger partial charge in [0.15, 0.2) is 4.96 Å². The number of carbonyl (C=O) groups excluding carboxylic acids is 2. The van der Waals surface area contributed by atoms with E-state index in [4.69, 9.17) is 4.98 Å².